The monoisotopic (exact) mass is 413 g/mol. The number of benzene rings is 1. The Kier molecular flexibility index (Phi) is 6.97. The van der Waals surface area contributed by atoms with E-state index in [1.165, 1.54) is 0 Å². The molecular formula is C22H31N5O3. The molecule has 0 spiro atoms. The zero-order valence-electron chi connectivity index (χ0n) is 18.1. The van der Waals surface area contributed by atoms with E-state index in [4.69, 9.17) is 9.15 Å². The van der Waals surface area contributed by atoms with Gasteiger partial charge in [-0.15, -0.1) is 0 Å². The van der Waals surface area contributed by atoms with Crippen LogP contribution in [0.5, 0.6) is 0 Å². The summed E-state index contributed by atoms with van der Waals surface area (Å²) < 4.78 is 11.2. The molecule has 8 heteroatoms. The van der Waals surface area contributed by atoms with E-state index in [-0.39, 0.29) is 12.1 Å². The predicted molar refractivity (Wildman–Crippen MR) is 116 cm³/mol. The minimum Gasteiger partial charge on any atom is -0.444 e. The van der Waals surface area contributed by atoms with Gasteiger partial charge in [0.25, 0.3) is 0 Å². The highest BCUT2D eigenvalue weighted by Crippen LogP contribution is 2.20. The third-order valence-corrected chi connectivity index (χ3v) is 4.52. The molecule has 0 bridgehead atoms. The van der Waals surface area contributed by atoms with Crippen LogP contribution in [-0.4, -0.2) is 53.2 Å². The second-order valence-corrected chi connectivity index (χ2v) is 8.23. The van der Waals surface area contributed by atoms with Crippen LogP contribution in [-0.2, 0) is 11.3 Å². The zero-order chi connectivity index (χ0) is 21.6. The largest absolute Gasteiger partial charge is 0.444 e. The van der Waals surface area contributed by atoms with Crippen LogP contribution in [0.1, 0.15) is 40.0 Å². The summed E-state index contributed by atoms with van der Waals surface area (Å²) in [4.78, 5) is 23.2. The molecule has 1 aliphatic rings. The Bertz CT molecular complexity index is 857. The van der Waals surface area contributed by atoms with Crippen LogP contribution < -0.4 is 10.6 Å². The predicted octanol–water partition coefficient (Wildman–Crippen LogP) is 3.41. The van der Waals surface area contributed by atoms with Crippen LogP contribution in [0, 0.1) is 0 Å². The number of carbonyl (C=O) groups excluding carboxylic acids is 1. The van der Waals surface area contributed by atoms with Gasteiger partial charge in [-0.05, 0) is 34.1 Å². The van der Waals surface area contributed by atoms with Crippen molar-refractivity contribution < 1.29 is 13.9 Å². The molecule has 1 aliphatic heterocycles. The summed E-state index contributed by atoms with van der Waals surface area (Å²) >= 11 is 0. The number of aliphatic imine (C=N–C) groups is 1. The van der Waals surface area contributed by atoms with Crippen molar-refractivity contribution in [2.75, 3.05) is 19.6 Å². The van der Waals surface area contributed by atoms with Crippen molar-refractivity contribution in [3.8, 4) is 11.3 Å². The number of aromatic nitrogens is 1. The normalized spacial score (nSPS) is 17.1. The Balaban J connectivity index is 1.59. The van der Waals surface area contributed by atoms with Crippen molar-refractivity contribution in [1.82, 2.24) is 20.5 Å². The van der Waals surface area contributed by atoms with Gasteiger partial charge in [-0.3, -0.25) is 0 Å². The molecule has 0 saturated carbocycles. The molecule has 1 amide bonds. The average molecular weight is 414 g/mol. The lowest BCUT2D eigenvalue weighted by atomic mass is 10.2. The number of amides is 1. The van der Waals surface area contributed by atoms with Gasteiger partial charge in [0.05, 0.1) is 12.2 Å². The highest BCUT2D eigenvalue weighted by Gasteiger charge is 2.28. The van der Waals surface area contributed by atoms with E-state index in [0.717, 1.165) is 36.8 Å². The maximum atomic E-state index is 12.0. The van der Waals surface area contributed by atoms with Gasteiger partial charge in [0.1, 0.15) is 12.1 Å². The van der Waals surface area contributed by atoms with Gasteiger partial charge in [-0.25, -0.2) is 14.8 Å². The molecule has 0 unspecified atom stereocenters. The van der Waals surface area contributed by atoms with Crippen molar-refractivity contribution in [2.45, 2.75) is 52.3 Å². The van der Waals surface area contributed by atoms with Gasteiger partial charge < -0.3 is 24.7 Å². The maximum absolute atomic E-state index is 12.0. The zero-order valence-corrected chi connectivity index (χ0v) is 18.1. The van der Waals surface area contributed by atoms with Crippen molar-refractivity contribution >= 4 is 12.1 Å². The molecule has 162 valence electrons. The molecule has 3 rings (SSSR count). The smallest absolute Gasteiger partial charge is 0.407 e. The number of nitrogens with zero attached hydrogens (tertiary/aromatic N) is 3. The Hall–Kier alpha value is -3.03. The first-order valence-electron chi connectivity index (χ1n) is 10.4. The third-order valence-electron chi connectivity index (χ3n) is 4.52. The Labute approximate surface area is 177 Å². The van der Waals surface area contributed by atoms with Crippen molar-refractivity contribution in [3.63, 3.8) is 0 Å². The fraction of sp³-hybridized carbons (Fsp3) is 0.500. The van der Waals surface area contributed by atoms with E-state index in [0.29, 0.717) is 19.0 Å². The van der Waals surface area contributed by atoms with E-state index >= 15 is 0 Å². The number of hydrogen-bond acceptors (Lipinski definition) is 5. The SMILES string of the molecule is CCNC(=NCc1ncc(-c2ccccc2)o1)N1CC[C@@H](NC(=O)OC(C)(C)C)C1. The number of nitrogens with one attached hydrogen (secondary N) is 2. The van der Waals surface area contributed by atoms with E-state index in [1.54, 1.807) is 6.20 Å². The number of likely N-dealkylation sites (tertiary alicyclic amines) is 1. The number of guanidine groups is 1. The summed E-state index contributed by atoms with van der Waals surface area (Å²) in [6.07, 6.45) is 2.18. The van der Waals surface area contributed by atoms with Gasteiger partial charge in [0.15, 0.2) is 11.7 Å². The molecule has 2 aromatic rings. The second kappa shape index (κ2) is 9.65. The molecule has 1 saturated heterocycles. The van der Waals surface area contributed by atoms with E-state index in [2.05, 4.69) is 25.5 Å². The first-order chi connectivity index (χ1) is 14.3. The summed E-state index contributed by atoms with van der Waals surface area (Å²) in [6.45, 7) is 10.2. The minimum absolute atomic E-state index is 0.0233. The number of ether oxygens (including phenoxy) is 1. The molecular weight excluding hydrogens is 382 g/mol. The van der Waals surface area contributed by atoms with Gasteiger partial charge in [-0.1, -0.05) is 30.3 Å². The van der Waals surface area contributed by atoms with Crippen LogP contribution in [0.2, 0.25) is 0 Å². The highest BCUT2D eigenvalue weighted by molar-refractivity contribution is 5.80. The number of oxazole rings is 1. The van der Waals surface area contributed by atoms with E-state index < -0.39 is 5.60 Å². The lowest BCUT2D eigenvalue weighted by molar-refractivity contribution is 0.0507. The molecule has 1 aromatic heterocycles. The van der Waals surface area contributed by atoms with E-state index in [9.17, 15) is 4.79 Å². The van der Waals surface area contributed by atoms with Gasteiger partial charge >= 0.3 is 6.09 Å². The second-order valence-electron chi connectivity index (χ2n) is 8.23. The van der Waals surface area contributed by atoms with Gasteiger partial charge in [0, 0.05) is 25.2 Å². The molecule has 2 heterocycles. The number of rotatable bonds is 5. The van der Waals surface area contributed by atoms with Crippen LogP contribution in [0.3, 0.4) is 0 Å². The van der Waals surface area contributed by atoms with Crippen molar-refractivity contribution in [2.24, 2.45) is 4.99 Å². The van der Waals surface area contributed by atoms with Crippen LogP contribution in [0.25, 0.3) is 11.3 Å². The van der Waals surface area contributed by atoms with Crippen molar-refractivity contribution in [3.05, 3.63) is 42.4 Å². The number of hydrogen-bond donors (Lipinski definition) is 2. The summed E-state index contributed by atoms with van der Waals surface area (Å²) in [5.74, 6) is 2.07. The lowest BCUT2D eigenvalue weighted by Crippen LogP contribution is -2.44. The summed E-state index contributed by atoms with van der Waals surface area (Å²) in [7, 11) is 0. The van der Waals surface area contributed by atoms with Crippen LogP contribution >= 0.6 is 0 Å². The first kappa shape index (κ1) is 21.7. The van der Waals surface area contributed by atoms with Gasteiger partial charge in [-0.2, -0.15) is 0 Å². The first-order valence-corrected chi connectivity index (χ1v) is 10.4. The molecule has 1 fully saturated rings. The minimum atomic E-state index is -0.507. The van der Waals surface area contributed by atoms with Crippen molar-refractivity contribution in [1.29, 1.82) is 0 Å². The Morgan fingerprint density at radius 3 is 2.80 bits per heavy atom. The highest BCUT2D eigenvalue weighted by atomic mass is 16.6. The Morgan fingerprint density at radius 2 is 2.10 bits per heavy atom. The van der Waals surface area contributed by atoms with Crippen LogP contribution in [0.4, 0.5) is 4.79 Å². The quantitative estimate of drug-likeness (QED) is 0.577. The molecule has 1 aromatic carbocycles. The standard InChI is InChI=1S/C22H31N5O3/c1-5-23-20(27-12-11-17(15-27)26-21(28)30-22(2,3)4)25-14-19-24-13-18(29-19)16-9-7-6-8-10-16/h6-10,13,17H,5,11-12,14-15H2,1-4H3,(H,23,25)(H,26,28)/t17-/m1/s1. The molecule has 1 atom stereocenters. The Morgan fingerprint density at radius 1 is 1.33 bits per heavy atom. The summed E-state index contributed by atoms with van der Waals surface area (Å²) in [5, 5.41) is 6.25. The maximum Gasteiger partial charge on any atom is 0.407 e. The summed E-state index contributed by atoms with van der Waals surface area (Å²) in [5.41, 5.74) is 0.482. The lowest BCUT2D eigenvalue weighted by Gasteiger charge is -2.23. The topological polar surface area (TPSA) is 92.0 Å². The number of alkyl carbamates (subject to hydrolysis) is 1. The fourth-order valence-electron chi connectivity index (χ4n) is 3.23. The molecule has 30 heavy (non-hydrogen) atoms. The van der Waals surface area contributed by atoms with Gasteiger partial charge in [0.2, 0.25) is 5.89 Å². The molecule has 8 nitrogen and oxygen atoms in total. The number of carbonyl (C=O) groups is 1. The fourth-order valence-corrected chi connectivity index (χ4v) is 3.23. The molecule has 0 radical (unpaired) electrons. The average Bonchev–Trinajstić information content (AvgIpc) is 3.34. The molecule has 2 N–H and O–H groups in total. The summed E-state index contributed by atoms with van der Waals surface area (Å²) in [6, 6.07) is 9.89. The molecule has 0 aliphatic carbocycles. The van der Waals surface area contributed by atoms with E-state index in [1.807, 2.05) is 58.0 Å². The van der Waals surface area contributed by atoms with Crippen LogP contribution in [0.15, 0.2) is 45.9 Å². The third kappa shape index (κ3) is 6.23.